The Morgan fingerprint density at radius 2 is 2.00 bits per heavy atom. The van der Waals surface area contributed by atoms with Crippen LogP contribution in [0.4, 0.5) is 4.39 Å². The minimum absolute atomic E-state index is 0.263. The third-order valence-corrected chi connectivity index (χ3v) is 3.20. The van der Waals surface area contributed by atoms with E-state index >= 15 is 0 Å². The fourth-order valence-corrected chi connectivity index (χ4v) is 1.95. The van der Waals surface area contributed by atoms with Crippen LogP contribution in [-0.2, 0) is 4.84 Å². The zero-order chi connectivity index (χ0) is 13.0. The zero-order valence-electron chi connectivity index (χ0n) is 9.59. The number of nitrogens with zero attached hydrogens (tertiary/aromatic N) is 1. The number of rotatable bonds is 3. The van der Waals surface area contributed by atoms with Crippen LogP contribution in [0.15, 0.2) is 46.9 Å². The Labute approximate surface area is 108 Å². The highest BCUT2D eigenvalue weighted by Crippen LogP contribution is 2.11. The van der Waals surface area contributed by atoms with Crippen molar-refractivity contribution in [1.82, 2.24) is 0 Å². The third kappa shape index (κ3) is 3.01. The first-order valence-corrected chi connectivity index (χ1v) is 6.10. The Morgan fingerprint density at radius 3 is 2.61 bits per heavy atom. The van der Waals surface area contributed by atoms with Crippen LogP contribution in [0.3, 0.4) is 0 Å². The van der Waals surface area contributed by atoms with Gasteiger partial charge in [-0.15, -0.1) is 11.3 Å². The maximum Gasteiger partial charge on any atom is 0.365 e. The predicted octanol–water partition coefficient (Wildman–Crippen LogP) is 3.47. The summed E-state index contributed by atoms with van der Waals surface area (Å²) in [6.07, 6.45) is 0. The lowest BCUT2D eigenvalue weighted by Gasteiger charge is -1.99. The molecule has 0 bridgehead atoms. The van der Waals surface area contributed by atoms with Crippen LogP contribution in [-0.4, -0.2) is 11.7 Å². The summed E-state index contributed by atoms with van der Waals surface area (Å²) in [4.78, 5) is 17.3. The van der Waals surface area contributed by atoms with Crippen LogP contribution in [0, 0.1) is 5.82 Å². The number of hydrogen-bond donors (Lipinski definition) is 0. The van der Waals surface area contributed by atoms with Crippen molar-refractivity contribution >= 4 is 23.0 Å². The largest absolute Gasteiger partial charge is 0.365 e. The number of carbonyl (C=O) groups is 1. The number of benzene rings is 1. The quantitative estimate of drug-likeness (QED) is 0.483. The molecular weight excluding hydrogens is 253 g/mol. The van der Waals surface area contributed by atoms with Crippen LogP contribution < -0.4 is 0 Å². The summed E-state index contributed by atoms with van der Waals surface area (Å²) in [5, 5.41) is 5.66. The van der Waals surface area contributed by atoms with Gasteiger partial charge in [0.1, 0.15) is 5.82 Å². The maximum atomic E-state index is 12.7. The monoisotopic (exact) mass is 263 g/mol. The highest BCUT2D eigenvalue weighted by atomic mass is 32.1. The van der Waals surface area contributed by atoms with Gasteiger partial charge in [-0.1, -0.05) is 11.2 Å². The molecule has 0 fully saturated rings. The molecule has 5 heteroatoms. The molecular formula is C13H10FNO2S. The van der Waals surface area contributed by atoms with Crippen LogP contribution >= 0.6 is 11.3 Å². The SMILES string of the molecule is C/C(=N/OC(=O)c1ccc(F)cc1)c1cccs1. The molecule has 2 aromatic rings. The van der Waals surface area contributed by atoms with E-state index in [1.165, 1.54) is 35.6 Å². The first-order valence-electron chi connectivity index (χ1n) is 5.22. The average molecular weight is 263 g/mol. The summed E-state index contributed by atoms with van der Waals surface area (Å²) in [7, 11) is 0. The normalized spacial score (nSPS) is 11.3. The molecule has 0 saturated heterocycles. The molecule has 1 heterocycles. The molecule has 0 unspecified atom stereocenters. The van der Waals surface area contributed by atoms with Crippen molar-refractivity contribution in [3.8, 4) is 0 Å². The lowest BCUT2D eigenvalue weighted by Crippen LogP contribution is -2.03. The van der Waals surface area contributed by atoms with Gasteiger partial charge in [0, 0.05) is 0 Å². The summed E-state index contributed by atoms with van der Waals surface area (Å²) < 4.78 is 12.7. The molecule has 3 nitrogen and oxygen atoms in total. The standard InChI is InChI=1S/C13H10FNO2S/c1-9(12-3-2-8-18-12)15-17-13(16)10-4-6-11(14)7-5-10/h2-8H,1H3/b15-9-. The van der Waals surface area contributed by atoms with E-state index in [9.17, 15) is 9.18 Å². The molecule has 0 aliphatic carbocycles. The molecule has 0 amide bonds. The van der Waals surface area contributed by atoms with Crippen molar-refractivity contribution < 1.29 is 14.0 Å². The second-order valence-corrected chi connectivity index (χ2v) is 4.49. The van der Waals surface area contributed by atoms with Gasteiger partial charge in [-0.05, 0) is 42.6 Å². The van der Waals surface area contributed by atoms with Gasteiger partial charge in [-0.3, -0.25) is 0 Å². The van der Waals surface area contributed by atoms with Crippen LogP contribution in [0.25, 0.3) is 0 Å². The molecule has 92 valence electrons. The Morgan fingerprint density at radius 1 is 1.28 bits per heavy atom. The van der Waals surface area contributed by atoms with E-state index < -0.39 is 11.8 Å². The van der Waals surface area contributed by atoms with E-state index in [0.717, 1.165) is 4.88 Å². The van der Waals surface area contributed by atoms with Crippen molar-refractivity contribution in [1.29, 1.82) is 0 Å². The number of oxime groups is 1. The van der Waals surface area contributed by atoms with E-state index in [1.807, 2.05) is 17.5 Å². The summed E-state index contributed by atoms with van der Waals surface area (Å²) in [6, 6.07) is 8.89. The minimum Gasteiger partial charge on any atom is -0.313 e. The molecule has 0 radical (unpaired) electrons. The highest BCUT2D eigenvalue weighted by Gasteiger charge is 2.07. The summed E-state index contributed by atoms with van der Waals surface area (Å²) in [5.74, 6) is -1.00. The average Bonchev–Trinajstić information content (AvgIpc) is 2.90. The van der Waals surface area contributed by atoms with Gasteiger partial charge < -0.3 is 4.84 Å². The number of halogens is 1. The van der Waals surface area contributed by atoms with Crippen molar-refractivity contribution in [3.05, 3.63) is 58.0 Å². The molecule has 0 aliphatic heterocycles. The minimum atomic E-state index is -0.606. The van der Waals surface area contributed by atoms with Crippen LogP contribution in [0.5, 0.6) is 0 Å². The van der Waals surface area contributed by atoms with Gasteiger partial charge in [0.05, 0.1) is 16.2 Å². The predicted molar refractivity (Wildman–Crippen MR) is 68.3 cm³/mol. The van der Waals surface area contributed by atoms with Gasteiger partial charge in [0.15, 0.2) is 0 Å². The molecule has 18 heavy (non-hydrogen) atoms. The Bertz CT molecular complexity index is 561. The molecule has 0 aliphatic rings. The third-order valence-electron chi connectivity index (χ3n) is 2.22. The summed E-state index contributed by atoms with van der Waals surface area (Å²) >= 11 is 1.51. The lowest BCUT2D eigenvalue weighted by atomic mass is 10.2. The van der Waals surface area contributed by atoms with E-state index in [4.69, 9.17) is 4.84 Å². The fraction of sp³-hybridized carbons (Fsp3) is 0.0769. The Hall–Kier alpha value is -2.01. The molecule has 1 aromatic heterocycles. The number of hydrogen-bond acceptors (Lipinski definition) is 4. The number of thiophene rings is 1. The Balaban J connectivity index is 2.04. The van der Waals surface area contributed by atoms with Crippen molar-refractivity contribution in [2.24, 2.45) is 5.16 Å². The first kappa shape index (κ1) is 12.4. The van der Waals surface area contributed by atoms with Gasteiger partial charge in [0.25, 0.3) is 0 Å². The molecule has 0 saturated carbocycles. The van der Waals surface area contributed by atoms with E-state index in [1.54, 1.807) is 6.92 Å². The molecule has 0 atom stereocenters. The Kier molecular flexibility index (Phi) is 3.84. The van der Waals surface area contributed by atoms with E-state index in [2.05, 4.69) is 5.16 Å². The maximum absolute atomic E-state index is 12.7. The van der Waals surface area contributed by atoms with E-state index in [-0.39, 0.29) is 5.56 Å². The van der Waals surface area contributed by atoms with Crippen molar-refractivity contribution in [2.45, 2.75) is 6.92 Å². The van der Waals surface area contributed by atoms with Gasteiger partial charge >= 0.3 is 5.97 Å². The van der Waals surface area contributed by atoms with Crippen LogP contribution in [0.2, 0.25) is 0 Å². The van der Waals surface area contributed by atoms with Gasteiger partial charge in [0.2, 0.25) is 0 Å². The molecule has 0 spiro atoms. The van der Waals surface area contributed by atoms with E-state index in [0.29, 0.717) is 5.71 Å². The second kappa shape index (κ2) is 5.55. The van der Waals surface area contributed by atoms with Gasteiger partial charge in [-0.2, -0.15) is 0 Å². The summed E-state index contributed by atoms with van der Waals surface area (Å²) in [6.45, 7) is 1.75. The fourth-order valence-electron chi connectivity index (χ4n) is 1.28. The second-order valence-electron chi connectivity index (χ2n) is 3.54. The van der Waals surface area contributed by atoms with Crippen LogP contribution in [0.1, 0.15) is 22.2 Å². The van der Waals surface area contributed by atoms with Gasteiger partial charge in [-0.25, -0.2) is 9.18 Å². The van der Waals surface area contributed by atoms with Crippen molar-refractivity contribution in [3.63, 3.8) is 0 Å². The highest BCUT2D eigenvalue weighted by molar-refractivity contribution is 7.12. The van der Waals surface area contributed by atoms with Crippen molar-refractivity contribution in [2.75, 3.05) is 0 Å². The number of carbonyl (C=O) groups excluding carboxylic acids is 1. The first-order chi connectivity index (χ1) is 8.66. The molecule has 0 N–H and O–H groups in total. The lowest BCUT2D eigenvalue weighted by molar-refractivity contribution is 0.0516. The molecule has 2 rings (SSSR count). The summed E-state index contributed by atoms with van der Waals surface area (Å²) in [5.41, 5.74) is 0.889. The topological polar surface area (TPSA) is 38.7 Å². The smallest absolute Gasteiger partial charge is 0.313 e. The zero-order valence-corrected chi connectivity index (χ0v) is 10.4. The molecule has 1 aromatic carbocycles.